The molecule has 0 saturated carbocycles. The monoisotopic (exact) mass is 1580 g/mol. The molecule has 0 atom stereocenters. The summed E-state index contributed by atoms with van der Waals surface area (Å²) in [5.41, 5.74) is 34.1. The van der Waals surface area contributed by atoms with E-state index in [4.69, 9.17) is 4.74 Å². The van der Waals surface area contributed by atoms with E-state index < -0.39 is 0 Å². The molecule has 0 aliphatic rings. The van der Waals surface area contributed by atoms with Gasteiger partial charge in [-0.15, -0.1) is 0 Å². The standard InChI is InChI=1S/C14H14O.3C14H14.4C12H12.2C8H10/c1-11-3-7-13(8-4-11)15-14-9-5-12(2)6-10-14;1-11-3-7-13(8-4-11)14-9-5-12(2)6-10-14;1-11-5-3-7-13(9-11)14-8-4-6-12(2)10-14;1-11-6-8-13(9-7-11)14-5-3-4-12(2)10-14;1-9-3-5-12-8-10(2)4-6-11(12)7-9;1-9-3-5-11-6-4-10(2)8-12(11)7-9;1-9-6-7-12-10(2)4-3-5-11(12)8-9;1-9-7-8-10(2)12-6-4-3-5-11(9)12;1-7-3-5-8(2)6-4-7;1-7-4-3-5-8(2)6-7/h3-10H,1-2H3;3*3-10H,1-2H3;4*3-8H,1-2H3;2*3-6H,1-2H3. The lowest BCUT2D eigenvalue weighted by Crippen LogP contribution is -1.84. The summed E-state index contributed by atoms with van der Waals surface area (Å²) in [6, 6.07) is 137. The van der Waals surface area contributed by atoms with Gasteiger partial charge in [0.15, 0.2) is 0 Å². The average molecular weight is 1580 g/mol. The number of fused-ring (bicyclic) bond motifs is 4. The Balaban J connectivity index is 0.000000154. The molecule has 18 rings (SSSR count). The summed E-state index contributed by atoms with van der Waals surface area (Å²) in [5, 5.41) is 10.8. The molecule has 0 N–H and O–H groups in total. The molecule has 0 radical (unpaired) electrons. The lowest BCUT2D eigenvalue weighted by Gasteiger charge is -2.05. The fraction of sp³-hybridized carbons (Fsp3) is 0.167. The van der Waals surface area contributed by atoms with Gasteiger partial charge in [-0.25, -0.2) is 0 Å². The summed E-state index contributed by atoms with van der Waals surface area (Å²) >= 11 is 0. The quantitative estimate of drug-likeness (QED) is 0.167. The van der Waals surface area contributed by atoms with Crippen LogP contribution in [0.4, 0.5) is 0 Å². The van der Waals surface area contributed by atoms with E-state index in [2.05, 4.69) is 478 Å². The molecule has 610 valence electrons. The number of hydrogen-bond donors (Lipinski definition) is 0. The van der Waals surface area contributed by atoms with Crippen molar-refractivity contribution >= 4 is 43.1 Å². The van der Waals surface area contributed by atoms with Gasteiger partial charge in [-0.1, -0.05) is 459 Å². The zero-order valence-electron chi connectivity index (χ0n) is 75.4. The van der Waals surface area contributed by atoms with Gasteiger partial charge < -0.3 is 4.74 Å². The topological polar surface area (TPSA) is 9.23 Å². The molecule has 0 aromatic heterocycles. The van der Waals surface area contributed by atoms with Crippen molar-refractivity contribution in [3.63, 3.8) is 0 Å². The van der Waals surface area contributed by atoms with Crippen molar-refractivity contribution in [2.45, 2.75) is 138 Å². The molecular formula is C120H124O. The van der Waals surface area contributed by atoms with E-state index in [0.717, 1.165) is 11.5 Å². The summed E-state index contributed by atoms with van der Waals surface area (Å²) in [5.74, 6) is 1.76. The maximum absolute atomic E-state index is 5.69. The summed E-state index contributed by atoms with van der Waals surface area (Å²) < 4.78 is 5.69. The van der Waals surface area contributed by atoms with Crippen LogP contribution in [-0.2, 0) is 0 Å². The Morgan fingerprint density at radius 3 is 0.694 bits per heavy atom. The van der Waals surface area contributed by atoms with E-state index in [-0.39, 0.29) is 0 Å². The zero-order valence-corrected chi connectivity index (χ0v) is 75.4. The Kier molecular flexibility index (Phi) is 35.5. The molecule has 0 aliphatic carbocycles. The fourth-order valence-electron chi connectivity index (χ4n) is 13.6. The number of rotatable bonds is 5. The average Bonchev–Trinajstić information content (AvgIpc) is 0.832. The minimum Gasteiger partial charge on any atom is -0.457 e. The Labute approximate surface area is 725 Å². The maximum atomic E-state index is 5.69. The SMILES string of the molecule is Cc1ccc(-c2ccc(C)cc2)cc1.Cc1ccc(-c2cccc(C)c2)cc1.Cc1ccc(C)c2ccccc12.Cc1ccc(C)cc1.Cc1ccc(Oc2ccc(C)cc2)cc1.Cc1ccc2c(C)cccc2c1.Cc1ccc2cc(C)ccc2c1.Cc1ccc2ccc(C)cc2c1.Cc1cccc(-c2cccc(C)c2)c1.Cc1cccc(C)c1. The smallest absolute Gasteiger partial charge is 0.127 e. The van der Waals surface area contributed by atoms with Gasteiger partial charge in [-0.2, -0.15) is 0 Å². The van der Waals surface area contributed by atoms with Crippen molar-refractivity contribution in [2.75, 3.05) is 0 Å². The van der Waals surface area contributed by atoms with Crippen LogP contribution < -0.4 is 4.74 Å². The molecule has 0 saturated heterocycles. The highest BCUT2D eigenvalue weighted by molar-refractivity contribution is 5.89. The minimum absolute atomic E-state index is 0.879. The molecule has 0 amide bonds. The normalized spacial score (nSPS) is 10.1. The van der Waals surface area contributed by atoms with Crippen LogP contribution in [0.1, 0.15) is 111 Å². The van der Waals surface area contributed by atoms with Crippen molar-refractivity contribution in [1.29, 1.82) is 0 Å². The van der Waals surface area contributed by atoms with Gasteiger partial charge in [-0.05, 0) is 256 Å². The van der Waals surface area contributed by atoms with Crippen molar-refractivity contribution in [2.24, 2.45) is 0 Å². The van der Waals surface area contributed by atoms with E-state index in [9.17, 15) is 0 Å². The van der Waals surface area contributed by atoms with Crippen molar-refractivity contribution in [1.82, 2.24) is 0 Å². The first kappa shape index (κ1) is 91.7. The third-order valence-corrected chi connectivity index (χ3v) is 20.8. The predicted octanol–water partition coefficient (Wildman–Crippen LogP) is 34.4. The Bertz CT molecular complexity index is 5920. The van der Waals surface area contributed by atoms with Crippen LogP contribution in [0.5, 0.6) is 11.5 Å². The molecule has 0 bridgehead atoms. The first-order valence-electron chi connectivity index (χ1n) is 42.3. The fourth-order valence-corrected chi connectivity index (χ4v) is 13.6. The van der Waals surface area contributed by atoms with Gasteiger partial charge in [0.1, 0.15) is 11.5 Å². The molecule has 0 aliphatic heterocycles. The van der Waals surface area contributed by atoms with E-state index in [1.54, 1.807) is 0 Å². The van der Waals surface area contributed by atoms with E-state index in [1.807, 2.05) is 48.5 Å². The van der Waals surface area contributed by atoms with E-state index in [1.165, 1.54) is 188 Å². The zero-order chi connectivity index (χ0) is 86.7. The lowest BCUT2D eigenvalue weighted by atomic mass is 10.0. The lowest BCUT2D eigenvalue weighted by molar-refractivity contribution is 0.482. The van der Waals surface area contributed by atoms with Gasteiger partial charge in [0, 0.05) is 0 Å². The minimum atomic E-state index is 0.879. The summed E-state index contributed by atoms with van der Waals surface area (Å²) in [7, 11) is 0. The number of benzene rings is 18. The molecule has 1 nitrogen and oxygen atoms in total. The van der Waals surface area contributed by atoms with Crippen LogP contribution in [0.3, 0.4) is 0 Å². The Hall–Kier alpha value is -13.2. The molecule has 18 aromatic rings. The first-order chi connectivity index (χ1) is 58.1. The second-order valence-corrected chi connectivity index (χ2v) is 32.5. The Morgan fingerprint density at radius 2 is 0.364 bits per heavy atom. The molecule has 0 unspecified atom stereocenters. The van der Waals surface area contributed by atoms with Crippen LogP contribution >= 0.6 is 0 Å². The second kappa shape index (κ2) is 46.8. The van der Waals surface area contributed by atoms with Crippen LogP contribution in [0.25, 0.3) is 76.5 Å². The highest BCUT2D eigenvalue weighted by Crippen LogP contribution is 2.28. The summed E-state index contributed by atoms with van der Waals surface area (Å²) in [6.07, 6.45) is 0. The summed E-state index contributed by atoms with van der Waals surface area (Å²) in [6.45, 7) is 42.3. The molecule has 18 aromatic carbocycles. The molecule has 0 heterocycles. The van der Waals surface area contributed by atoms with Gasteiger partial charge >= 0.3 is 0 Å². The molecule has 0 fully saturated rings. The van der Waals surface area contributed by atoms with Crippen LogP contribution in [0.15, 0.2) is 388 Å². The third kappa shape index (κ3) is 31.2. The van der Waals surface area contributed by atoms with Crippen molar-refractivity contribution in [3.8, 4) is 44.9 Å². The van der Waals surface area contributed by atoms with Crippen molar-refractivity contribution in [3.05, 3.63) is 500 Å². The second-order valence-electron chi connectivity index (χ2n) is 32.5. The molecule has 121 heavy (non-hydrogen) atoms. The van der Waals surface area contributed by atoms with Crippen LogP contribution in [0.2, 0.25) is 0 Å². The summed E-state index contributed by atoms with van der Waals surface area (Å²) in [4.78, 5) is 0. The van der Waals surface area contributed by atoms with Gasteiger partial charge in [-0.3, -0.25) is 0 Å². The molecule has 1 heteroatoms. The first-order valence-corrected chi connectivity index (χ1v) is 42.3. The Morgan fingerprint density at radius 1 is 0.124 bits per heavy atom. The third-order valence-electron chi connectivity index (χ3n) is 20.8. The molecule has 0 spiro atoms. The number of aryl methyl sites for hydroxylation is 20. The van der Waals surface area contributed by atoms with Crippen LogP contribution in [-0.4, -0.2) is 0 Å². The van der Waals surface area contributed by atoms with Gasteiger partial charge in [0.05, 0.1) is 0 Å². The van der Waals surface area contributed by atoms with Gasteiger partial charge in [0.2, 0.25) is 0 Å². The number of ether oxygens (including phenoxy) is 1. The van der Waals surface area contributed by atoms with Gasteiger partial charge in [0.25, 0.3) is 0 Å². The van der Waals surface area contributed by atoms with Crippen molar-refractivity contribution < 1.29 is 4.74 Å². The number of hydrogen-bond acceptors (Lipinski definition) is 1. The van der Waals surface area contributed by atoms with E-state index in [0.29, 0.717) is 0 Å². The largest absolute Gasteiger partial charge is 0.457 e. The maximum Gasteiger partial charge on any atom is 0.127 e. The highest BCUT2D eigenvalue weighted by atomic mass is 16.5. The van der Waals surface area contributed by atoms with Crippen LogP contribution in [0, 0.1) is 138 Å². The molecular weight excluding hydrogens is 1460 g/mol. The predicted molar refractivity (Wildman–Crippen MR) is 532 cm³/mol. The van der Waals surface area contributed by atoms with E-state index >= 15 is 0 Å². The highest BCUT2D eigenvalue weighted by Gasteiger charge is 2.04.